The number of nitrogens with zero attached hydrogens (tertiary/aromatic N) is 2. The Balaban J connectivity index is 1.71. The van der Waals surface area contributed by atoms with E-state index < -0.39 is 0 Å². The molecule has 128 valence electrons. The van der Waals surface area contributed by atoms with E-state index in [2.05, 4.69) is 10.3 Å². The summed E-state index contributed by atoms with van der Waals surface area (Å²) in [5.41, 5.74) is 0.0714. The molecular weight excluding hydrogens is 349 g/mol. The van der Waals surface area contributed by atoms with Crippen LogP contribution in [0.25, 0.3) is 10.9 Å². The van der Waals surface area contributed by atoms with Crippen molar-refractivity contribution in [2.24, 2.45) is 5.92 Å². The Hall–Kier alpha value is -1.59. The lowest BCUT2D eigenvalue weighted by Gasteiger charge is -2.21. The standard InChI is InChI=1S/C17H19Cl2N3O2/c18-12-6-13-16(14(19)7-12)21-10-22(17(13)24)9-15(23)20-8-11-4-2-1-3-5-11/h6-7,10-11H,1-5,8-9H2,(H,20,23). The van der Waals surface area contributed by atoms with Crippen LogP contribution in [0.3, 0.4) is 0 Å². The Labute approximate surface area is 150 Å². The van der Waals surface area contributed by atoms with E-state index in [-0.39, 0.29) is 18.0 Å². The number of rotatable bonds is 4. The third-order valence-corrected chi connectivity index (χ3v) is 4.98. The Morgan fingerprint density at radius 3 is 2.75 bits per heavy atom. The summed E-state index contributed by atoms with van der Waals surface area (Å²) in [6.07, 6.45) is 7.42. The van der Waals surface area contributed by atoms with Crippen LogP contribution < -0.4 is 10.9 Å². The van der Waals surface area contributed by atoms with Gasteiger partial charge in [0, 0.05) is 11.6 Å². The first-order valence-corrected chi connectivity index (χ1v) is 8.91. The Kier molecular flexibility index (Phi) is 5.41. The minimum Gasteiger partial charge on any atom is -0.354 e. The number of aromatic nitrogens is 2. The van der Waals surface area contributed by atoms with Gasteiger partial charge in [0.2, 0.25) is 5.91 Å². The summed E-state index contributed by atoms with van der Waals surface area (Å²) in [6, 6.07) is 3.06. The van der Waals surface area contributed by atoms with Gasteiger partial charge in [0.25, 0.3) is 5.56 Å². The van der Waals surface area contributed by atoms with Crippen molar-refractivity contribution in [3.8, 4) is 0 Å². The monoisotopic (exact) mass is 367 g/mol. The maximum atomic E-state index is 12.5. The third kappa shape index (κ3) is 3.90. The van der Waals surface area contributed by atoms with Crippen molar-refractivity contribution in [2.75, 3.05) is 6.54 Å². The van der Waals surface area contributed by atoms with Gasteiger partial charge in [0.15, 0.2) is 0 Å². The van der Waals surface area contributed by atoms with Crippen LogP contribution in [0.5, 0.6) is 0 Å². The average Bonchev–Trinajstić information content (AvgIpc) is 2.57. The number of nitrogens with one attached hydrogen (secondary N) is 1. The highest BCUT2D eigenvalue weighted by atomic mass is 35.5. The summed E-state index contributed by atoms with van der Waals surface area (Å²) in [5, 5.41) is 3.92. The number of carbonyl (C=O) groups excluding carboxylic acids is 1. The fourth-order valence-electron chi connectivity index (χ4n) is 3.17. The van der Waals surface area contributed by atoms with E-state index in [1.807, 2.05) is 0 Å². The van der Waals surface area contributed by atoms with E-state index in [9.17, 15) is 9.59 Å². The highest BCUT2D eigenvalue weighted by Gasteiger charge is 2.15. The highest BCUT2D eigenvalue weighted by Crippen LogP contribution is 2.24. The van der Waals surface area contributed by atoms with E-state index in [0.717, 1.165) is 12.8 Å². The molecule has 1 aliphatic carbocycles. The third-order valence-electron chi connectivity index (χ3n) is 4.47. The first-order chi connectivity index (χ1) is 11.5. The zero-order valence-corrected chi connectivity index (χ0v) is 14.7. The number of hydrogen-bond acceptors (Lipinski definition) is 3. The molecule has 24 heavy (non-hydrogen) atoms. The molecule has 1 aromatic heterocycles. The number of halogens is 2. The smallest absolute Gasteiger partial charge is 0.261 e. The maximum Gasteiger partial charge on any atom is 0.261 e. The van der Waals surface area contributed by atoms with Crippen LogP contribution in [0.4, 0.5) is 0 Å². The quantitative estimate of drug-likeness (QED) is 0.900. The van der Waals surface area contributed by atoms with Gasteiger partial charge in [-0.15, -0.1) is 0 Å². The molecule has 1 aliphatic rings. The first kappa shape index (κ1) is 17.2. The molecule has 1 aromatic carbocycles. The molecule has 1 fully saturated rings. The van der Waals surface area contributed by atoms with Crippen molar-refractivity contribution in [3.05, 3.63) is 38.9 Å². The van der Waals surface area contributed by atoms with E-state index >= 15 is 0 Å². The zero-order valence-electron chi connectivity index (χ0n) is 13.2. The minimum absolute atomic E-state index is 0.0569. The van der Waals surface area contributed by atoms with Crippen molar-refractivity contribution < 1.29 is 4.79 Å². The van der Waals surface area contributed by atoms with Gasteiger partial charge < -0.3 is 5.32 Å². The van der Waals surface area contributed by atoms with Gasteiger partial charge in [-0.05, 0) is 30.9 Å². The molecule has 1 heterocycles. The molecule has 5 nitrogen and oxygen atoms in total. The second-order valence-corrected chi connectivity index (χ2v) is 7.11. The van der Waals surface area contributed by atoms with Crippen molar-refractivity contribution in [1.29, 1.82) is 0 Å². The van der Waals surface area contributed by atoms with Crippen molar-refractivity contribution in [1.82, 2.24) is 14.9 Å². The average molecular weight is 368 g/mol. The molecule has 3 rings (SSSR count). The molecule has 0 spiro atoms. The molecule has 1 saturated carbocycles. The van der Waals surface area contributed by atoms with Gasteiger partial charge in [-0.25, -0.2) is 4.98 Å². The van der Waals surface area contributed by atoms with E-state index in [1.54, 1.807) is 6.07 Å². The van der Waals surface area contributed by atoms with Gasteiger partial charge in [0.05, 0.1) is 22.3 Å². The van der Waals surface area contributed by atoms with Gasteiger partial charge in [-0.1, -0.05) is 42.5 Å². The van der Waals surface area contributed by atoms with Crippen LogP contribution in [0, 0.1) is 5.92 Å². The number of carbonyl (C=O) groups is 1. The lowest BCUT2D eigenvalue weighted by Crippen LogP contribution is -2.35. The molecule has 2 aromatic rings. The summed E-state index contributed by atoms with van der Waals surface area (Å²) in [6.45, 7) is 0.616. The number of hydrogen-bond donors (Lipinski definition) is 1. The zero-order chi connectivity index (χ0) is 17.1. The molecule has 0 bridgehead atoms. The Morgan fingerprint density at radius 1 is 1.25 bits per heavy atom. The fraction of sp³-hybridized carbons (Fsp3) is 0.471. The summed E-state index contributed by atoms with van der Waals surface area (Å²) >= 11 is 12.0. The van der Waals surface area contributed by atoms with Crippen LogP contribution in [0.2, 0.25) is 10.0 Å². The summed E-state index contributed by atoms with van der Waals surface area (Å²) < 4.78 is 1.28. The molecule has 1 amide bonds. The fourth-order valence-corrected chi connectivity index (χ4v) is 3.71. The molecular formula is C17H19Cl2N3O2. The first-order valence-electron chi connectivity index (χ1n) is 8.15. The SMILES string of the molecule is O=C(Cn1cnc2c(Cl)cc(Cl)cc2c1=O)NCC1CCCCC1. The largest absolute Gasteiger partial charge is 0.354 e. The van der Waals surface area contributed by atoms with Crippen molar-refractivity contribution >= 4 is 40.0 Å². The summed E-state index contributed by atoms with van der Waals surface area (Å²) in [7, 11) is 0. The van der Waals surface area contributed by atoms with E-state index in [4.69, 9.17) is 23.2 Å². The Morgan fingerprint density at radius 2 is 2.00 bits per heavy atom. The minimum atomic E-state index is -0.322. The van der Waals surface area contributed by atoms with Crippen LogP contribution in [0.1, 0.15) is 32.1 Å². The van der Waals surface area contributed by atoms with Crippen molar-refractivity contribution in [3.63, 3.8) is 0 Å². The highest BCUT2D eigenvalue weighted by molar-refractivity contribution is 6.38. The topological polar surface area (TPSA) is 64.0 Å². The van der Waals surface area contributed by atoms with Crippen LogP contribution >= 0.6 is 23.2 Å². The lowest BCUT2D eigenvalue weighted by atomic mass is 9.89. The van der Waals surface area contributed by atoms with E-state index in [1.165, 1.54) is 36.2 Å². The molecule has 0 saturated heterocycles. The molecule has 0 aliphatic heterocycles. The number of benzene rings is 1. The lowest BCUT2D eigenvalue weighted by molar-refractivity contribution is -0.121. The summed E-state index contributed by atoms with van der Waals surface area (Å²) in [5.74, 6) is 0.365. The van der Waals surface area contributed by atoms with E-state index in [0.29, 0.717) is 33.4 Å². The number of fused-ring (bicyclic) bond motifs is 1. The van der Waals surface area contributed by atoms with Gasteiger partial charge >= 0.3 is 0 Å². The maximum absolute atomic E-state index is 12.5. The van der Waals surface area contributed by atoms with Crippen LogP contribution in [-0.2, 0) is 11.3 Å². The van der Waals surface area contributed by atoms with Gasteiger partial charge in [-0.3, -0.25) is 14.2 Å². The Bertz CT molecular complexity index is 813. The van der Waals surface area contributed by atoms with Gasteiger partial charge in [0.1, 0.15) is 6.54 Å². The predicted octanol–water partition coefficient (Wildman–Crippen LogP) is 3.40. The number of amides is 1. The van der Waals surface area contributed by atoms with Crippen LogP contribution in [-0.4, -0.2) is 22.0 Å². The van der Waals surface area contributed by atoms with Gasteiger partial charge in [-0.2, -0.15) is 0 Å². The van der Waals surface area contributed by atoms with Crippen molar-refractivity contribution in [2.45, 2.75) is 38.6 Å². The van der Waals surface area contributed by atoms with Crippen LogP contribution in [0.15, 0.2) is 23.3 Å². The second kappa shape index (κ2) is 7.53. The molecule has 0 unspecified atom stereocenters. The molecule has 0 radical (unpaired) electrons. The molecule has 7 heteroatoms. The predicted molar refractivity (Wildman–Crippen MR) is 95.6 cm³/mol. The normalized spacial score (nSPS) is 15.6. The molecule has 1 N–H and O–H groups in total. The summed E-state index contributed by atoms with van der Waals surface area (Å²) in [4.78, 5) is 28.8. The second-order valence-electron chi connectivity index (χ2n) is 6.27. The molecule has 0 atom stereocenters.